The van der Waals surface area contributed by atoms with Crippen LogP contribution in [0.1, 0.15) is 6.92 Å². The van der Waals surface area contributed by atoms with Crippen molar-refractivity contribution < 1.29 is 27.4 Å². The molecule has 2 N–H and O–H groups in total. The van der Waals surface area contributed by atoms with Crippen LogP contribution >= 0.6 is 0 Å². The maximum absolute atomic E-state index is 10.9. The lowest BCUT2D eigenvalue weighted by molar-refractivity contribution is -0.896. The molecule has 0 saturated heterocycles. The van der Waals surface area contributed by atoms with Crippen molar-refractivity contribution in [2.24, 2.45) is 0 Å². The zero-order valence-corrected chi connectivity index (χ0v) is 8.79. The Kier molecular flexibility index (Phi) is 2.78. The highest BCUT2D eigenvalue weighted by Crippen LogP contribution is 2.24. The van der Waals surface area contributed by atoms with E-state index in [9.17, 15) is 13.2 Å². The van der Waals surface area contributed by atoms with Gasteiger partial charge in [-0.2, -0.15) is 8.42 Å². The minimum Gasteiger partial charge on any atom is -0.476 e. The molecule has 0 radical (unpaired) electrons. The van der Waals surface area contributed by atoms with Crippen LogP contribution in [0.4, 0.5) is 0 Å². The van der Waals surface area contributed by atoms with Gasteiger partial charge < -0.3 is 9.59 Å². The predicted molar refractivity (Wildman–Crippen MR) is 45.6 cm³/mol. The van der Waals surface area contributed by atoms with Gasteiger partial charge in [0.15, 0.2) is 0 Å². The van der Waals surface area contributed by atoms with E-state index in [2.05, 4.69) is 0 Å². The van der Waals surface area contributed by atoms with Crippen molar-refractivity contribution in [3.63, 3.8) is 0 Å². The molecule has 0 rings (SSSR count). The van der Waals surface area contributed by atoms with Crippen molar-refractivity contribution in [1.82, 2.24) is 0 Å². The number of aliphatic carboxylic acids is 1. The van der Waals surface area contributed by atoms with E-state index in [1.807, 2.05) is 0 Å². The van der Waals surface area contributed by atoms with Crippen molar-refractivity contribution in [3.05, 3.63) is 0 Å². The average Bonchev–Trinajstić information content (AvgIpc) is 1.80. The summed E-state index contributed by atoms with van der Waals surface area (Å²) in [4.78, 5) is 8.52. The van der Waals surface area contributed by atoms with Crippen molar-refractivity contribution in [2.45, 2.75) is 11.8 Å². The first-order valence-electron chi connectivity index (χ1n) is 3.46. The fraction of sp³-hybridized carbons (Fsp3) is 0.833. The second-order valence-corrected chi connectivity index (χ2v) is 5.52. The third kappa shape index (κ3) is 1.82. The summed E-state index contributed by atoms with van der Waals surface area (Å²) in [6.45, 7) is 0.963. The van der Waals surface area contributed by atoms with Crippen LogP contribution < -0.4 is 0 Å². The van der Waals surface area contributed by atoms with Crippen LogP contribution in [0, 0.1) is 0 Å². The summed E-state index contributed by atoms with van der Waals surface area (Å²) in [6, 6.07) is 0. The van der Waals surface area contributed by atoms with Crippen molar-refractivity contribution in [1.29, 1.82) is 0 Å². The highest BCUT2D eigenvalue weighted by Gasteiger charge is 2.57. The molecule has 0 heterocycles. The molecule has 1 atom stereocenters. The van der Waals surface area contributed by atoms with Gasteiger partial charge in [-0.05, 0) is 0 Å². The topological polar surface area (TPSA) is 91.7 Å². The van der Waals surface area contributed by atoms with E-state index in [4.69, 9.17) is 9.66 Å². The molecule has 0 aromatic carbocycles. The number of hydrogen-bond acceptors (Lipinski definition) is 3. The minimum atomic E-state index is -4.65. The molecule has 0 aromatic heterocycles. The molecule has 0 aliphatic heterocycles. The molecule has 0 fully saturated rings. The number of nitrogens with zero attached hydrogens (tertiary/aromatic N) is 1. The third-order valence-electron chi connectivity index (χ3n) is 2.18. The number of likely N-dealkylation sites (N-methyl/N-ethyl adjacent to an activating group) is 1. The first-order valence-corrected chi connectivity index (χ1v) is 4.90. The summed E-state index contributed by atoms with van der Waals surface area (Å²) in [5.41, 5.74) is 0. The monoisotopic (exact) mass is 212 g/mol. The van der Waals surface area contributed by atoms with Crippen LogP contribution in [0.25, 0.3) is 0 Å². The van der Waals surface area contributed by atoms with E-state index >= 15 is 0 Å². The highest BCUT2D eigenvalue weighted by atomic mass is 32.2. The van der Waals surface area contributed by atoms with E-state index in [0.29, 0.717) is 0 Å². The number of carboxylic acid groups (broad SMARTS) is 1. The van der Waals surface area contributed by atoms with Gasteiger partial charge >= 0.3 is 21.0 Å². The summed E-state index contributed by atoms with van der Waals surface area (Å²) in [6.07, 6.45) is 0. The molecule has 78 valence electrons. The van der Waals surface area contributed by atoms with Gasteiger partial charge in [0.1, 0.15) is 0 Å². The maximum atomic E-state index is 10.9. The molecule has 0 aliphatic carbocycles. The van der Waals surface area contributed by atoms with Gasteiger partial charge in [-0.3, -0.25) is 4.55 Å². The van der Waals surface area contributed by atoms with Crippen LogP contribution in [0.5, 0.6) is 0 Å². The van der Waals surface area contributed by atoms with E-state index in [-0.39, 0.29) is 0 Å². The minimum absolute atomic E-state index is 0.416. The smallest absolute Gasteiger partial charge is 0.384 e. The standard InChI is InChI=1S/C6H13NO5S/c1-6(5(8)9,7(2,3)4)13(10,11)12/h1-4H3,(H-,8,9,10,11,12)/p+1. The van der Waals surface area contributed by atoms with Crippen LogP contribution in [0.2, 0.25) is 0 Å². The number of carbonyl (C=O) groups is 1. The summed E-state index contributed by atoms with van der Waals surface area (Å²) in [7, 11) is -0.518. The van der Waals surface area contributed by atoms with E-state index in [1.165, 1.54) is 21.1 Å². The Balaban J connectivity index is 5.64. The Morgan fingerprint density at radius 2 is 1.62 bits per heavy atom. The molecule has 0 spiro atoms. The van der Waals surface area contributed by atoms with Crippen LogP contribution in [0.3, 0.4) is 0 Å². The lowest BCUT2D eigenvalue weighted by Gasteiger charge is -2.37. The molecule has 13 heavy (non-hydrogen) atoms. The molecule has 0 bridgehead atoms. The van der Waals surface area contributed by atoms with Gasteiger partial charge in [-0.1, -0.05) is 0 Å². The van der Waals surface area contributed by atoms with Crippen molar-refractivity contribution >= 4 is 16.1 Å². The van der Waals surface area contributed by atoms with Crippen LogP contribution in [-0.2, 0) is 14.9 Å². The largest absolute Gasteiger partial charge is 0.476 e. The van der Waals surface area contributed by atoms with E-state index in [0.717, 1.165) is 6.92 Å². The zero-order valence-electron chi connectivity index (χ0n) is 7.97. The summed E-state index contributed by atoms with van der Waals surface area (Å²) < 4.78 is 30.2. The molecular formula is C6H14NO5S+. The Morgan fingerprint density at radius 1 is 1.31 bits per heavy atom. The lowest BCUT2D eigenvalue weighted by Crippen LogP contribution is -2.64. The second-order valence-electron chi connectivity index (χ2n) is 3.78. The second kappa shape index (κ2) is 2.93. The normalized spacial score (nSPS) is 17.9. The first kappa shape index (κ1) is 12.3. The SMILES string of the molecule is CC(C(=O)O)([N+](C)(C)C)S(=O)(=O)O. The number of carboxylic acids is 1. The Hall–Kier alpha value is -0.660. The van der Waals surface area contributed by atoms with Gasteiger partial charge in [-0.25, -0.2) is 4.79 Å². The molecule has 0 saturated carbocycles. The average molecular weight is 212 g/mol. The van der Waals surface area contributed by atoms with Crippen molar-refractivity contribution in [2.75, 3.05) is 21.1 Å². The van der Waals surface area contributed by atoms with Crippen molar-refractivity contribution in [3.8, 4) is 0 Å². The van der Waals surface area contributed by atoms with Gasteiger partial charge in [0.25, 0.3) is 0 Å². The summed E-state index contributed by atoms with van der Waals surface area (Å²) in [5, 5.41) is 8.75. The molecule has 0 aromatic rings. The first-order chi connectivity index (χ1) is 5.44. The fourth-order valence-corrected chi connectivity index (χ4v) is 1.66. The molecular weight excluding hydrogens is 198 g/mol. The number of rotatable bonds is 3. The molecule has 7 heteroatoms. The van der Waals surface area contributed by atoms with E-state index in [1.54, 1.807) is 0 Å². The lowest BCUT2D eigenvalue weighted by atomic mass is 10.2. The van der Waals surface area contributed by atoms with Gasteiger partial charge in [0.2, 0.25) is 0 Å². The fourth-order valence-electron chi connectivity index (χ4n) is 0.743. The van der Waals surface area contributed by atoms with Crippen LogP contribution in [-0.4, -0.2) is 54.5 Å². The highest BCUT2D eigenvalue weighted by molar-refractivity contribution is 7.87. The quantitative estimate of drug-likeness (QED) is 0.480. The summed E-state index contributed by atoms with van der Waals surface area (Å²) in [5.74, 6) is -1.58. The van der Waals surface area contributed by atoms with Crippen LogP contribution in [0.15, 0.2) is 0 Å². The van der Waals surface area contributed by atoms with Gasteiger partial charge in [-0.15, -0.1) is 0 Å². The van der Waals surface area contributed by atoms with Gasteiger partial charge in [0.05, 0.1) is 21.1 Å². The molecule has 6 nitrogen and oxygen atoms in total. The Morgan fingerprint density at radius 3 is 1.62 bits per heavy atom. The Bertz CT molecular complexity index is 314. The third-order valence-corrected chi connectivity index (χ3v) is 3.91. The zero-order chi connectivity index (χ0) is 11.1. The number of hydrogen-bond donors (Lipinski definition) is 2. The summed E-state index contributed by atoms with van der Waals surface area (Å²) >= 11 is 0. The number of quaternary nitrogens is 1. The predicted octanol–water partition coefficient (Wildman–Crippen LogP) is -0.619. The van der Waals surface area contributed by atoms with E-state index < -0.39 is 25.4 Å². The molecule has 0 amide bonds. The molecule has 0 aliphatic rings. The maximum Gasteiger partial charge on any atom is 0.384 e. The Labute approximate surface area is 77.1 Å². The van der Waals surface area contributed by atoms with Gasteiger partial charge in [0, 0.05) is 6.92 Å². The molecule has 1 unspecified atom stereocenters.